The van der Waals surface area contributed by atoms with Gasteiger partial charge in [0.2, 0.25) is 5.89 Å². The molecule has 42 heavy (non-hydrogen) atoms. The smallest absolute Gasteiger partial charge is 0.303 e. The van der Waals surface area contributed by atoms with Crippen LogP contribution in [0.15, 0.2) is 65.1 Å². The van der Waals surface area contributed by atoms with Gasteiger partial charge in [0, 0.05) is 48.7 Å². The summed E-state index contributed by atoms with van der Waals surface area (Å²) >= 11 is 0. The van der Waals surface area contributed by atoms with E-state index >= 15 is 0 Å². The number of carbonyl (C=O) groups excluding carboxylic acids is 1. The van der Waals surface area contributed by atoms with E-state index in [-0.39, 0.29) is 12.3 Å². The molecule has 1 N–H and O–H groups in total. The number of nitrogens with zero attached hydrogens (tertiary/aromatic N) is 2. The van der Waals surface area contributed by atoms with Crippen LogP contribution in [-0.4, -0.2) is 54.2 Å². The molecule has 0 fully saturated rings. The van der Waals surface area contributed by atoms with Gasteiger partial charge >= 0.3 is 5.97 Å². The number of carboxylic acid groups (broad SMARTS) is 1. The molecule has 0 radical (unpaired) electrons. The lowest BCUT2D eigenvalue weighted by molar-refractivity contribution is -0.136. The highest BCUT2D eigenvalue weighted by Crippen LogP contribution is 2.33. The topological polar surface area (TPSA) is 111 Å². The number of aromatic nitrogens is 1. The van der Waals surface area contributed by atoms with E-state index in [1.54, 1.807) is 37.3 Å². The lowest BCUT2D eigenvalue weighted by Crippen LogP contribution is -2.36. The highest BCUT2D eigenvalue weighted by molar-refractivity contribution is 5.95. The number of hydrogen-bond donors (Lipinski definition) is 1. The Morgan fingerprint density at radius 3 is 2.40 bits per heavy atom. The van der Waals surface area contributed by atoms with E-state index in [4.69, 9.17) is 18.6 Å². The predicted molar refractivity (Wildman–Crippen MR) is 156 cm³/mol. The highest BCUT2D eigenvalue weighted by Gasteiger charge is 2.27. The van der Waals surface area contributed by atoms with Gasteiger partial charge in [0.25, 0.3) is 5.91 Å². The van der Waals surface area contributed by atoms with E-state index in [1.807, 2.05) is 49.4 Å². The number of amides is 1. The van der Waals surface area contributed by atoms with Crippen molar-refractivity contribution in [2.75, 3.05) is 27.4 Å². The van der Waals surface area contributed by atoms with E-state index in [2.05, 4.69) is 4.98 Å². The fraction of sp³-hybridized carbons (Fsp3) is 0.303. The molecule has 2 heterocycles. The Labute approximate surface area is 244 Å². The van der Waals surface area contributed by atoms with Crippen LogP contribution in [0.1, 0.15) is 44.9 Å². The molecule has 1 aliphatic rings. The minimum atomic E-state index is -0.867. The van der Waals surface area contributed by atoms with Gasteiger partial charge in [-0.15, -0.1) is 0 Å². The molecule has 1 amide bonds. The minimum Gasteiger partial charge on any atom is -0.497 e. The molecule has 9 nitrogen and oxygen atoms in total. The van der Waals surface area contributed by atoms with Crippen LogP contribution in [0.2, 0.25) is 0 Å². The predicted octanol–water partition coefficient (Wildman–Crippen LogP) is 5.50. The number of carboxylic acids is 1. The Bertz CT molecular complexity index is 1560. The maximum atomic E-state index is 13.5. The quantitative estimate of drug-likeness (QED) is 0.252. The summed E-state index contributed by atoms with van der Waals surface area (Å²) in [4.78, 5) is 31.3. The van der Waals surface area contributed by atoms with E-state index < -0.39 is 5.97 Å². The zero-order valence-corrected chi connectivity index (χ0v) is 24.0. The fourth-order valence-electron chi connectivity index (χ4n) is 5.23. The summed E-state index contributed by atoms with van der Waals surface area (Å²) in [7, 11) is 3.09. The van der Waals surface area contributed by atoms with Crippen LogP contribution in [0.3, 0.4) is 0 Å². The molecule has 0 bridgehead atoms. The van der Waals surface area contributed by atoms with Gasteiger partial charge in [-0.05, 0) is 61.2 Å². The molecular formula is C33H34N2O7. The number of oxazole rings is 1. The third kappa shape index (κ3) is 6.40. The number of rotatable bonds is 11. The van der Waals surface area contributed by atoms with Crippen LogP contribution in [0, 0.1) is 6.92 Å². The minimum absolute atomic E-state index is 0.00283. The SMILES string of the molecule is COc1cc(OC)cc(C(=O)N2CCc3c(OCCc4nc(-c5ccccc5)oc4C)ccc(CCC(=O)O)c3C2)c1. The number of aryl methyl sites for hydroxylation is 2. The zero-order valence-electron chi connectivity index (χ0n) is 24.0. The standard InChI is InChI=1S/C33H34N2O7/c1-21-29(34-32(42-21)23-7-5-4-6-8-23)14-16-41-30-11-9-22(10-12-31(36)37)28-20-35(15-13-27(28)30)33(38)24-17-25(39-2)19-26(18-24)40-3/h4-9,11,17-19H,10,12-16,20H2,1-3H3,(H,36,37). The molecule has 218 valence electrons. The molecule has 0 saturated carbocycles. The molecule has 1 aromatic heterocycles. The highest BCUT2D eigenvalue weighted by atomic mass is 16.5. The largest absolute Gasteiger partial charge is 0.497 e. The van der Waals surface area contributed by atoms with Crippen LogP contribution in [0.4, 0.5) is 0 Å². The van der Waals surface area contributed by atoms with Crippen molar-refractivity contribution >= 4 is 11.9 Å². The average Bonchev–Trinajstić information content (AvgIpc) is 3.39. The third-order valence-corrected chi connectivity index (χ3v) is 7.47. The second kappa shape index (κ2) is 12.8. The summed E-state index contributed by atoms with van der Waals surface area (Å²) in [5.74, 6) is 2.13. The Balaban J connectivity index is 1.34. The van der Waals surface area contributed by atoms with Crippen molar-refractivity contribution < 1.29 is 33.3 Å². The third-order valence-electron chi connectivity index (χ3n) is 7.47. The van der Waals surface area contributed by atoms with Crippen molar-refractivity contribution in [3.8, 4) is 28.7 Å². The maximum absolute atomic E-state index is 13.5. The molecule has 0 saturated heterocycles. The zero-order chi connectivity index (χ0) is 29.6. The Hall–Kier alpha value is -4.79. The summed E-state index contributed by atoms with van der Waals surface area (Å²) in [5.41, 5.74) is 5.07. The number of aliphatic carboxylic acids is 1. The lowest BCUT2D eigenvalue weighted by atomic mass is 9.91. The molecule has 5 rings (SSSR count). The first kappa shape index (κ1) is 28.7. The molecule has 0 aliphatic carbocycles. The normalized spacial score (nSPS) is 12.5. The first-order valence-electron chi connectivity index (χ1n) is 13.9. The molecule has 0 spiro atoms. The van der Waals surface area contributed by atoms with Gasteiger partial charge in [0.1, 0.15) is 23.0 Å². The van der Waals surface area contributed by atoms with Crippen molar-refractivity contribution in [3.05, 3.63) is 94.4 Å². The van der Waals surface area contributed by atoms with Crippen LogP contribution in [0.5, 0.6) is 17.2 Å². The van der Waals surface area contributed by atoms with Crippen LogP contribution in [0.25, 0.3) is 11.5 Å². The first-order chi connectivity index (χ1) is 20.4. The van der Waals surface area contributed by atoms with Crippen LogP contribution >= 0.6 is 0 Å². The van der Waals surface area contributed by atoms with Crippen LogP contribution < -0.4 is 14.2 Å². The summed E-state index contributed by atoms with van der Waals surface area (Å²) in [6.45, 7) is 3.14. The van der Waals surface area contributed by atoms with Gasteiger partial charge < -0.3 is 28.6 Å². The number of methoxy groups -OCH3 is 2. The average molecular weight is 571 g/mol. The molecule has 0 atom stereocenters. The molecule has 0 unspecified atom stereocenters. The Morgan fingerprint density at radius 1 is 0.976 bits per heavy atom. The molecule has 3 aromatic carbocycles. The monoisotopic (exact) mass is 570 g/mol. The van der Waals surface area contributed by atoms with Gasteiger partial charge in [-0.25, -0.2) is 4.98 Å². The van der Waals surface area contributed by atoms with Gasteiger partial charge in [0.05, 0.1) is 26.5 Å². The number of benzene rings is 3. The number of hydrogen-bond acceptors (Lipinski definition) is 7. The summed E-state index contributed by atoms with van der Waals surface area (Å²) in [5, 5.41) is 9.32. The van der Waals surface area contributed by atoms with Crippen LogP contribution in [-0.2, 0) is 30.6 Å². The molecular weight excluding hydrogens is 536 g/mol. The summed E-state index contributed by atoms with van der Waals surface area (Å²) < 4.78 is 22.8. The molecule has 4 aromatic rings. The van der Waals surface area contributed by atoms with Crippen molar-refractivity contribution in [2.24, 2.45) is 0 Å². The molecule has 9 heteroatoms. The first-order valence-corrected chi connectivity index (χ1v) is 13.9. The van der Waals surface area contributed by atoms with Crippen molar-refractivity contribution in [2.45, 2.75) is 39.2 Å². The Morgan fingerprint density at radius 2 is 1.71 bits per heavy atom. The number of carbonyl (C=O) groups is 2. The summed E-state index contributed by atoms with van der Waals surface area (Å²) in [6, 6.07) is 18.7. The van der Waals surface area contributed by atoms with Gasteiger partial charge in [-0.3, -0.25) is 9.59 Å². The van der Waals surface area contributed by atoms with Crippen molar-refractivity contribution in [1.29, 1.82) is 0 Å². The van der Waals surface area contributed by atoms with E-state index in [0.717, 1.165) is 39.5 Å². The number of fused-ring (bicyclic) bond motifs is 1. The van der Waals surface area contributed by atoms with E-state index in [9.17, 15) is 14.7 Å². The van der Waals surface area contributed by atoms with Gasteiger partial charge in [-0.1, -0.05) is 24.3 Å². The lowest BCUT2D eigenvalue weighted by Gasteiger charge is -2.32. The van der Waals surface area contributed by atoms with Gasteiger partial charge in [-0.2, -0.15) is 0 Å². The summed E-state index contributed by atoms with van der Waals surface area (Å²) in [6.07, 6.45) is 1.52. The number of ether oxygens (including phenoxy) is 3. The van der Waals surface area contributed by atoms with Crippen molar-refractivity contribution in [3.63, 3.8) is 0 Å². The van der Waals surface area contributed by atoms with Gasteiger partial charge in [0.15, 0.2) is 0 Å². The second-order valence-electron chi connectivity index (χ2n) is 10.1. The fourth-order valence-corrected chi connectivity index (χ4v) is 5.23. The molecule has 1 aliphatic heterocycles. The van der Waals surface area contributed by atoms with E-state index in [0.29, 0.717) is 61.9 Å². The second-order valence-corrected chi connectivity index (χ2v) is 10.1. The maximum Gasteiger partial charge on any atom is 0.303 e. The van der Waals surface area contributed by atoms with E-state index in [1.165, 1.54) is 0 Å². The van der Waals surface area contributed by atoms with Crippen molar-refractivity contribution in [1.82, 2.24) is 9.88 Å². The Kier molecular flexibility index (Phi) is 8.76.